The quantitative estimate of drug-likeness (QED) is 0.167. The Labute approximate surface area is 87.9 Å². The topological polar surface area (TPSA) is 127 Å². The maximum Gasteiger partial charge on any atom is 0.192 e. The molecule has 1 fully saturated rings. The molecule has 0 radical (unpaired) electrons. The molecule has 0 amide bonds. The van der Waals surface area contributed by atoms with Crippen molar-refractivity contribution < 1.29 is 0 Å². The predicted molar refractivity (Wildman–Crippen MR) is 57.3 cm³/mol. The van der Waals surface area contributed by atoms with Crippen molar-refractivity contribution in [2.45, 2.75) is 0 Å². The molecule has 14 heavy (non-hydrogen) atoms. The molecule has 1 heterocycles. The molecule has 7 nitrogen and oxygen atoms in total. The van der Waals surface area contributed by atoms with Crippen LogP contribution in [0.25, 0.3) is 0 Å². The van der Waals surface area contributed by atoms with E-state index in [2.05, 4.69) is 5.32 Å². The molecule has 8 N–H and O–H groups in total. The van der Waals surface area contributed by atoms with E-state index in [0.717, 1.165) is 26.2 Å². The Balaban J connectivity index is 0.000000241. The number of nitrogens with zero attached hydrogens (tertiary/aromatic N) is 1. The van der Waals surface area contributed by atoms with Gasteiger partial charge in [-0.3, -0.25) is 16.1 Å². The molecule has 1 aliphatic rings. The molecular weight excluding hydrogens is 206 g/mol. The Hall–Kier alpha value is -1.05. The fourth-order valence-corrected chi connectivity index (χ4v) is 0.952. The van der Waals surface area contributed by atoms with Crippen LogP contribution in [0.5, 0.6) is 0 Å². The molecule has 0 aromatic rings. The highest BCUT2D eigenvalue weighted by Gasteiger charge is 2.03. The van der Waals surface area contributed by atoms with E-state index >= 15 is 0 Å². The predicted octanol–water partition coefficient (Wildman–Crippen LogP) is -1.59. The molecule has 1 saturated heterocycles. The second-order valence-corrected chi connectivity index (χ2v) is 3.09. The summed E-state index contributed by atoms with van der Waals surface area (Å²) in [6.07, 6.45) is 0. The Bertz CT molecular complexity index is 177. The highest BCUT2D eigenvalue weighted by molar-refractivity contribution is 6.13. The number of hydrogen-bond donors (Lipinski definition) is 6. The average molecular weight is 222 g/mol. The van der Waals surface area contributed by atoms with Gasteiger partial charge in [0.1, 0.15) is 0 Å². The van der Waals surface area contributed by atoms with E-state index < -0.39 is 0 Å². The lowest BCUT2D eigenvalue weighted by molar-refractivity contribution is 0.384. The van der Waals surface area contributed by atoms with Crippen molar-refractivity contribution in [2.24, 2.45) is 11.5 Å². The zero-order valence-corrected chi connectivity index (χ0v) is 8.56. The summed E-state index contributed by atoms with van der Waals surface area (Å²) in [5.74, 6) is -0.625. The van der Waals surface area contributed by atoms with Gasteiger partial charge < -0.3 is 16.8 Å². The van der Waals surface area contributed by atoms with Crippen LogP contribution < -0.4 is 22.1 Å². The molecule has 8 heteroatoms. The van der Waals surface area contributed by atoms with Crippen LogP contribution in [0.1, 0.15) is 0 Å². The van der Waals surface area contributed by atoms with Crippen LogP contribution in [0.4, 0.5) is 0 Å². The number of nitrogens with two attached hydrogens (primary N) is 2. The van der Waals surface area contributed by atoms with Crippen LogP contribution in [-0.4, -0.2) is 42.5 Å². The fraction of sp³-hybridized carbons (Fsp3) is 0.667. The molecule has 0 aromatic carbocycles. The number of rotatable bonds is 0. The van der Waals surface area contributed by atoms with E-state index in [9.17, 15) is 0 Å². The van der Waals surface area contributed by atoms with Crippen molar-refractivity contribution in [3.8, 4) is 0 Å². The molecule has 0 bridgehead atoms. The van der Waals surface area contributed by atoms with Gasteiger partial charge in [0.05, 0.1) is 0 Å². The molecule has 82 valence electrons. The third-order valence-electron chi connectivity index (χ3n) is 1.33. The van der Waals surface area contributed by atoms with Crippen molar-refractivity contribution >= 4 is 23.7 Å². The Morgan fingerprint density at radius 3 is 1.79 bits per heavy atom. The number of hydrogen-bond acceptors (Lipinski definition) is 4. The first-order valence-electron chi connectivity index (χ1n) is 4.09. The van der Waals surface area contributed by atoms with E-state index in [1.54, 1.807) is 4.42 Å². The Kier molecular flexibility index (Phi) is 6.81. The lowest BCUT2D eigenvalue weighted by atomic mass is 10.4. The zero-order chi connectivity index (χ0) is 11.0. The molecule has 1 rings (SSSR count). The highest BCUT2D eigenvalue weighted by atomic mass is 35.5. The molecule has 0 spiro atoms. The number of halogens is 1. The van der Waals surface area contributed by atoms with Gasteiger partial charge >= 0.3 is 0 Å². The van der Waals surface area contributed by atoms with E-state index in [1.165, 1.54) is 0 Å². The van der Waals surface area contributed by atoms with Crippen molar-refractivity contribution in [2.75, 3.05) is 26.2 Å². The van der Waals surface area contributed by atoms with Gasteiger partial charge in [-0.1, -0.05) is 0 Å². The summed E-state index contributed by atoms with van der Waals surface area (Å²) in [6.45, 7) is 4.01. The molecule has 0 aromatic heterocycles. The number of guanidine groups is 2. The molecule has 1 aliphatic heterocycles. The average Bonchev–Trinajstić information content (AvgIpc) is 2.03. The lowest BCUT2D eigenvalue weighted by Gasteiger charge is -2.19. The minimum atomic E-state index is -0.312. The van der Waals surface area contributed by atoms with E-state index in [-0.39, 0.29) is 11.9 Å². The Morgan fingerprint density at radius 1 is 1.21 bits per heavy atom. The summed E-state index contributed by atoms with van der Waals surface area (Å²) in [5, 5.41) is 18.2. The summed E-state index contributed by atoms with van der Waals surface area (Å²) in [4.78, 5) is 0. The maximum absolute atomic E-state index is 6.47. The van der Waals surface area contributed by atoms with Crippen LogP contribution >= 0.6 is 11.8 Å². The van der Waals surface area contributed by atoms with E-state index in [0.29, 0.717) is 0 Å². The molecule has 0 unspecified atom stereocenters. The van der Waals surface area contributed by atoms with Crippen molar-refractivity contribution in [1.82, 2.24) is 15.1 Å². The van der Waals surface area contributed by atoms with Crippen LogP contribution in [0, 0.1) is 10.8 Å². The largest absolute Gasteiger partial charge is 0.370 e. The van der Waals surface area contributed by atoms with Gasteiger partial charge in [-0.15, -0.1) is 0 Å². The number of nitrogens with one attached hydrogen (secondary N) is 4. The van der Waals surface area contributed by atoms with E-state index in [4.69, 9.17) is 34.1 Å². The van der Waals surface area contributed by atoms with Crippen molar-refractivity contribution in [3.05, 3.63) is 0 Å². The molecule has 0 aliphatic carbocycles. The normalized spacial score (nSPS) is 16.4. The first kappa shape index (κ1) is 12.9. The molecule has 0 saturated carbocycles. The van der Waals surface area contributed by atoms with Crippen LogP contribution in [0.15, 0.2) is 0 Å². The second-order valence-electron chi connectivity index (χ2n) is 2.61. The van der Waals surface area contributed by atoms with Crippen LogP contribution in [-0.2, 0) is 0 Å². The maximum atomic E-state index is 6.47. The van der Waals surface area contributed by atoms with E-state index in [1.807, 2.05) is 5.32 Å². The molecular formula is C6H16ClN7. The van der Waals surface area contributed by atoms with Gasteiger partial charge in [0.2, 0.25) is 0 Å². The van der Waals surface area contributed by atoms with Gasteiger partial charge in [0.25, 0.3) is 0 Å². The minimum Gasteiger partial charge on any atom is -0.370 e. The summed E-state index contributed by atoms with van der Waals surface area (Å²) in [7, 11) is 0. The van der Waals surface area contributed by atoms with Gasteiger partial charge in [0.15, 0.2) is 11.9 Å². The zero-order valence-electron chi connectivity index (χ0n) is 7.81. The summed E-state index contributed by atoms with van der Waals surface area (Å²) >= 11 is 5.61. The monoisotopic (exact) mass is 221 g/mol. The van der Waals surface area contributed by atoms with Crippen LogP contribution in [0.3, 0.4) is 0 Å². The SMILES string of the molecule is ClN1CCNCC1.N=C(N)NC(=N)N. The fourth-order valence-electron chi connectivity index (χ4n) is 0.783. The second kappa shape index (κ2) is 7.36. The first-order chi connectivity index (χ1) is 6.52. The standard InChI is InChI=1S/C4H9ClN2.C2H7N5/c5-7-3-1-6-2-4-7;3-1(4)7-2(5)6/h6H,1-4H2;(H7,3,4,5,6,7). The summed E-state index contributed by atoms with van der Waals surface area (Å²) < 4.78 is 1.80. The van der Waals surface area contributed by atoms with Crippen molar-refractivity contribution in [1.29, 1.82) is 10.8 Å². The van der Waals surface area contributed by atoms with Gasteiger partial charge in [-0.2, -0.15) is 0 Å². The van der Waals surface area contributed by atoms with Crippen molar-refractivity contribution in [3.63, 3.8) is 0 Å². The van der Waals surface area contributed by atoms with Gasteiger partial charge in [-0.25, -0.2) is 4.42 Å². The highest BCUT2D eigenvalue weighted by Crippen LogP contribution is 1.93. The third-order valence-corrected chi connectivity index (χ3v) is 1.67. The number of piperazine rings is 1. The third kappa shape index (κ3) is 9.04. The minimum absolute atomic E-state index is 0.312. The Morgan fingerprint density at radius 2 is 1.64 bits per heavy atom. The van der Waals surface area contributed by atoms with Gasteiger partial charge in [-0.05, 0) is 11.8 Å². The molecule has 0 atom stereocenters. The summed E-state index contributed by atoms with van der Waals surface area (Å²) in [6, 6.07) is 0. The van der Waals surface area contributed by atoms with Gasteiger partial charge in [0, 0.05) is 26.2 Å². The first-order valence-corrected chi connectivity index (χ1v) is 4.42. The smallest absolute Gasteiger partial charge is 0.192 e. The summed E-state index contributed by atoms with van der Waals surface area (Å²) in [5.41, 5.74) is 9.49. The van der Waals surface area contributed by atoms with Crippen LogP contribution in [0.2, 0.25) is 0 Å². The lowest BCUT2D eigenvalue weighted by Crippen LogP contribution is -2.39.